The fourth-order valence-corrected chi connectivity index (χ4v) is 2.89. The number of rotatable bonds is 6. The van der Waals surface area contributed by atoms with E-state index in [2.05, 4.69) is 14.5 Å². The van der Waals surface area contributed by atoms with Crippen molar-refractivity contribution < 1.29 is 40.6 Å². The summed E-state index contributed by atoms with van der Waals surface area (Å²) < 4.78 is 96.0. The minimum Gasteiger partial charge on any atom is -0.486 e. The highest BCUT2D eigenvalue weighted by atomic mass is 35.5. The molecular weight excluding hydrogens is 440 g/mol. The molecule has 1 unspecified atom stereocenters. The van der Waals surface area contributed by atoms with Gasteiger partial charge < -0.3 is 14.2 Å². The highest BCUT2D eigenvalue weighted by molar-refractivity contribution is 6.68. The molecule has 4 nitrogen and oxygen atoms in total. The van der Waals surface area contributed by atoms with E-state index < -0.39 is 36.4 Å². The largest absolute Gasteiger partial charge is 0.486 e. The fraction of sp³-hybridized carbons (Fsp3) is 0.421. The van der Waals surface area contributed by atoms with Crippen LogP contribution in [0.2, 0.25) is 0 Å². The summed E-state index contributed by atoms with van der Waals surface area (Å²) in [5.41, 5.74) is -5.62. The van der Waals surface area contributed by atoms with Gasteiger partial charge in [-0.1, -0.05) is 23.7 Å². The maximum Gasteiger partial charge on any atom is 0.430 e. The quantitative estimate of drug-likeness (QED) is 0.401. The van der Waals surface area contributed by atoms with Crippen molar-refractivity contribution in [3.05, 3.63) is 53.8 Å². The average Bonchev–Trinajstić information content (AvgIpc) is 2.61. The smallest absolute Gasteiger partial charge is 0.430 e. The summed E-state index contributed by atoms with van der Waals surface area (Å²) in [4.78, 5) is 3.87. The monoisotopic (exact) mass is 457 g/mol. The van der Waals surface area contributed by atoms with Gasteiger partial charge in [-0.05, 0) is 36.8 Å². The van der Waals surface area contributed by atoms with Gasteiger partial charge in [0.25, 0.3) is 5.60 Å². The number of aryl methyl sites for hydroxylation is 1. The number of halogens is 7. The van der Waals surface area contributed by atoms with E-state index >= 15 is 0 Å². The first kappa shape index (κ1) is 24.2. The summed E-state index contributed by atoms with van der Waals surface area (Å²) in [6, 6.07) is 2.46. The number of alkyl halides is 6. The molecule has 0 N–H and O–H groups in total. The number of hydrogen-bond acceptors (Lipinski definition) is 4. The van der Waals surface area contributed by atoms with E-state index in [1.165, 1.54) is 19.2 Å². The minimum atomic E-state index is -5.79. The number of methoxy groups -OCH3 is 1. The third-order valence-electron chi connectivity index (χ3n) is 4.17. The van der Waals surface area contributed by atoms with Gasteiger partial charge in [-0.25, -0.2) is 4.99 Å². The Morgan fingerprint density at radius 1 is 1.13 bits per heavy atom. The van der Waals surface area contributed by atoms with E-state index in [9.17, 15) is 26.3 Å². The van der Waals surface area contributed by atoms with Crippen molar-refractivity contribution in [1.29, 1.82) is 0 Å². The highest BCUT2D eigenvalue weighted by Crippen LogP contribution is 2.53. The van der Waals surface area contributed by atoms with Crippen LogP contribution < -0.4 is 4.74 Å². The van der Waals surface area contributed by atoms with Crippen LogP contribution in [0.25, 0.3) is 0 Å². The van der Waals surface area contributed by atoms with Crippen LogP contribution >= 0.6 is 11.6 Å². The normalized spacial score (nSPS) is 18.0. The molecule has 0 amide bonds. The molecule has 0 radical (unpaired) electrons. The van der Waals surface area contributed by atoms with E-state index in [-0.39, 0.29) is 16.5 Å². The van der Waals surface area contributed by atoms with Crippen molar-refractivity contribution in [3.63, 3.8) is 0 Å². The third-order valence-corrected chi connectivity index (χ3v) is 4.40. The van der Waals surface area contributed by atoms with E-state index in [0.717, 1.165) is 19.2 Å². The molecule has 1 aromatic rings. The Morgan fingerprint density at radius 3 is 2.37 bits per heavy atom. The summed E-state index contributed by atoms with van der Waals surface area (Å²) in [5.74, 6) is 0.112. The molecule has 0 aliphatic carbocycles. The lowest BCUT2D eigenvalue weighted by molar-refractivity contribution is -0.400. The number of ether oxygens (including phenoxy) is 3. The molecular formula is C19H18ClF6NO3. The Morgan fingerprint density at radius 2 is 1.80 bits per heavy atom. The Hall–Kier alpha value is -2.04. The van der Waals surface area contributed by atoms with Gasteiger partial charge in [0, 0.05) is 25.3 Å². The van der Waals surface area contributed by atoms with Crippen molar-refractivity contribution in [3.8, 4) is 5.75 Å². The molecule has 1 heterocycles. The molecule has 30 heavy (non-hydrogen) atoms. The zero-order valence-corrected chi connectivity index (χ0v) is 16.6. The van der Waals surface area contributed by atoms with Crippen molar-refractivity contribution in [2.75, 3.05) is 13.9 Å². The average molecular weight is 458 g/mol. The van der Waals surface area contributed by atoms with Gasteiger partial charge in [0.05, 0.1) is 0 Å². The van der Waals surface area contributed by atoms with Gasteiger partial charge >= 0.3 is 12.4 Å². The zero-order chi connectivity index (χ0) is 22.6. The summed E-state index contributed by atoms with van der Waals surface area (Å²) >= 11 is 5.81. The lowest BCUT2D eigenvalue weighted by Gasteiger charge is -2.37. The second kappa shape index (κ2) is 9.40. The highest BCUT2D eigenvalue weighted by Gasteiger charge is 2.73. The zero-order valence-electron chi connectivity index (χ0n) is 15.9. The standard InChI is InChI=1S/C19H18ClF6NO3/c1-12-10-13(17(18(21,22)23,19(24,25)26)29-11-28-2)5-7-15(12)30-14-4-3-9-27-16(20)8-6-14/h3,5-10,14H,4,11H2,1-2H3. The van der Waals surface area contributed by atoms with Gasteiger partial charge in [-0.15, -0.1) is 0 Å². The first-order valence-corrected chi connectivity index (χ1v) is 8.91. The molecule has 0 saturated heterocycles. The summed E-state index contributed by atoms with van der Waals surface area (Å²) in [6.45, 7) is 0.126. The Labute approximate surface area is 173 Å². The topological polar surface area (TPSA) is 40.0 Å². The maximum atomic E-state index is 13.6. The van der Waals surface area contributed by atoms with Gasteiger partial charge in [-0.3, -0.25) is 0 Å². The molecule has 1 atom stereocenters. The first-order chi connectivity index (χ1) is 13.9. The van der Waals surface area contributed by atoms with Gasteiger partial charge in [-0.2, -0.15) is 26.3 Å². The SMILES string of the molecule is COCOC(c1ccc(OC2C=CC(Cl)=NC=CC2)c(C)c1)(C(F)(F)F)C(F)(F)F. The van der Waals surface area contributed by atoms with Crippen LogP contribution in [-0.4, -0.2) is 37.5 Å². The maximum absolute atomic E-state index is 13.6. The molecule has 1 aromatic carbocycles. The van der Waals surface area contributed by atoms with Crippen LogP contribution in [0.3, 0.4) is 0 Å². The van der Waals surface area contributed by atoms with Gasteiger partial charge in [0.2, 0.25) is 0 Å². The van der Waals surface area contributed by atoms with Crippen LogP contribution in [0.15, 0.2) is 47.6 Å². The number of aliphatic imine (C=N–C) groups is 1. The van der Waals surface area contributed by atoms with Crippen molar-refractivity contribution >= 4 is 16.8 Å². The fourth-order valence-electron chi connectivity index (χ4n) is 2.76. The summed E-state index contributed by atoms with van der Waals surface area (Å²) in [6.07, 6.45) is -5.56. The van der Waals surface area contributed by atoms with Crippen LogP contribution in [0.5, 0.6) is 5.75 Å². The Kier molecular flexibility index (Phi) is 7.59. The second-order valence-corrected chi connectivity index (χ2v) is 6.68. The number of hydrogen-bond donors (Lipinski definition) is 0. The summed E-state index contributed by atoms with van der Waals surface area (Å²) in [7, 11) is 0.924. The molecule has 1 aliphatic rings. The number of nitrogens with zero attached hydrogens (tertiary/aromatic N) is 1. The van der Waals surface area contributed by atoms with Gasteiger partial charge in [0.1, 0.15) is 23.8 Å². The Bertz CT molecular complexity index is 819. The molecule has 0 bridgehead atoms. The Balaban J connectivity index is 2.43. The molecule has 0 fully saturated rings. The van der Waals surface area contributed by atoms with Crippen molar-refractivity contribution in [2.45, 2.75) is 37.4 Å². The second-order valence-electron chi connectivity index (χ2n) is 6.30. The molecule has 0 aromatic heterocycles. The van der Waals surface area contributed by atoms with E-state index in [1.54, 1.807) is 12.2 Å². The number of benzene rings is 1. The van der Waals surface area contributed by atoms with Crippen molar-refractivity contribution in [1.82, 2.24) is 0 Å². The van der Waals surface area contributed by atoms with E-state index in [0.29, 0.717) is 12.5 Å². The van der Waals surface area contributed by atoms with E-state index in [1.807, 2.05) is 0 Å². The first-order valence-electron chi connectivity index (χ1n) is 8.53. The molecule has 0 saturated carbocycles. The molecule has 166 valence electrons. The van der Waals surface area contributed by atoms with Gasteiger partial charge in [0.15, 0.2) is 0 Å². The van der Waals surface area contributed by atoms with Crippen molar-refractivity contribution in [2.24, 2.45) is 4.99 Å². The summed E-state index contributed by atoms with van der Waals surface area (Å²) in [5, 5.41) is 0.196. The van der Waals surface area contributed by atoms with Crippen LogP contribution in [0.1, 0.15) is 17.5 Å². The predicted molar refractivity (Wildman–Crippen MR) is 98.5 cm³/mol. The van der Waals surface area contributed by atoms with Crippen LogP contribution in [-0.2, 0) is 15.1 Å². The molecule has 0 spiro atoms. The van der Waals surface area contributed by atoms with Crippen LogP contribution in [0, 0.1) is 6.92 Å². The van der Waals surface area contributed by atoms with E-state index in [4.69, 9.17) is 16.3 Å². The molecule has 11 heteroatoms. The predicted octanol–water partition coefficient (Wildman–Crippen LogP) is 5.79. The minimum absolute atomic E-state index is 0.0607. The lowest BCUT2D eigenvalue weighted by atomic mass is 9.90. The number of allylic oxidation sites excluding steroid dienone is 1. The lowest BCUT2D eigenvalue weighted by Crippen LogP contribution is -2.56. The molecule has 1 aliphatic heterocycles. The third kappa shape index (κ3) is 5.16. The van der Waals surface area contributed by atoms with Crippen LogP contribution in [0.4, 0.5) is 26.3 Å². The molecule has 2 rings (SSSR count).